The van der Waals surface area contributed by atoms with Gasteiger partial charge in [0.05, 0.1) is 22.7 Å². The van der Waals surface area contributed by atoms with Crippen molar-refractivity contribution in [3.05, 3.63) is 70.1 Å². The summed E-state index contributed by atoms with van der Waals surface area (Å²) < 4.78 is 43.6. The summed E-state index contributed by atoms with van der Waals surface area (Å²) in [6.45, 7) is 3.82. The van der Waals surface area contributed by atoms with Gasteiger partial charge in [-0.25, -0.2) is 18.0 Å². The fourth-order valence-electron chi connectivity index (χ4n) is 3.82. The topological polar surface area (TPSA) is 123 Å². The minimum absolute atomic E-state index is 0.0143. The highest BCUT2D eigenvalue weighted by atomic mass is 32.2. The third kappa shape index (κ3) is 4.92. The third-order valence-corrected chi connectivity index (χ3v) is 7.09. The minimum atomic E-state index is -3.82. The summed E-state index contributed by atoms with van der Waals surface area (Å²) in [5.41, 5.74) is -0.0261. The number of benzene rings is 2. The Labute approximate surface area is 190 Å². The van der Waals surface area contributed by atoms with Crippen LogP contribution in [0.15, 0.2) is 62.6 Å². The monoisotopic (exact) mass is 473 g/mol. The van der Waals surface area contributed by atoms with Gasteiger partial charge in [-0.1, -0.05) is 6.07 Å². The maximum absolute atomic E-state index is 13.1. The molecule has 9 nitrogen and oxygen atoms in total. The van der Waals surface area contributed by atoms with Crippen LogP contribution in [0.2, 0.25) is 0 Å². The van der Waals surface area contributed by atoms with Crippen molar-refractivity contribution in [2.75, 3.05) is 13.1 Å². The average molecular weight is 474 g/mol. The summed E-state index contributed by atoms with van der Waals surface area (Å²) in [7, 11) is -3.82. The van der Waals surface area contributed by atoms with Crippen molar-refractivity contribution in [1.29, 1.82) is 0 Å². The fraction of sp³-hybridized carbons (Fsp3) is 0.304. The van der Waals surface area contributed by atoms with Crippen LogP contribution >= 0.6 is 0 Å². The van der Waals surface area contributed by atoms with E-state index < -0.39 is 21.6 Å². The Morgan fingerprint density at radius 3 is 2.58 bits per heavy atom. The predicted molar refractivity (Wildman–Crippen MR) is 118 cm³/mol. The van der Waals surface area contributed by atoms with E-state index in [1.807, 2.05) is 0 Å². The van der Waals surface area contributed by atoms with Crippen LogP contribution in [0.1, 0.15) is 29.8 Å². The highest BCUT2D eigenvalue weighted by Crippen LogP contribution is 2.24. The molecule has 3 aromatic rings. The lowest BCUT2D eigenvalue weighted by atomic mass is 10.1. The molecular formula is C23H23NO8S. The van der Waals surface area contributed by atoms with Gasteiger partial charge in [-0.2, -0.15) is 4.31 Å². The standard InChI is InChI=1S/C23H23NO8S/c1-14-11-24(12-15(2)31-14)33(28,29)19-5-3-4-16(8-19)23(27)30-13-17-9-22(26)32-21-10-18(25)6-7-20(17)21/h3-10,14-15,25H,11-13H2,1-2H3/t14-,15-/m1/s1. The van der Waals surface area contributed by atoms with Gasteiger partial charge >= 0.3 is 11.6 Å². The number of phenolic OH excluding ortho intramolecular Hbond substituents is 1. The van der Waals surface area contributed by atoms with Gasteiger partial charge < -0.3 is 19.0 Å². The van der Waals surface area contributed by atoms with Gasteiger partial charge in [0.15, 0.2) is 0 Å². The number of rotatable bonds is 5. The van der Waals surface area contributed by atoms with E-state index >= 15 is 0 Å². The number of hydrogen-bond donors (Lipinski definition) is 1. The Bertz CT molecular complexity index is 1350. The van der Waals surface area contributed by atoms with Crippen molar-refractivity contribution < 1.29 is 32.2 Å². The zero-order valence-corrected chi connectivity index (χ0v) is 18.9. The number of morpholine rings is 1. The SMILES string of the molecule is C[C@@H]1CN(S(=O)(=O)c2cccc(C(=O)OCc3cc(=O)oc4cc(O)ccc34)c2)C[C@@H](C)O1. The lowest BCUT2D eigenvalue weighted by Gasteiger charge is -2.34. The van der Waals surface area contributed by atoms with E-state index in [9.17, 15) is 23.1 Å². The van der Waals surface area contributed by atoms with E-state index in [2.05, 4.69) is 0 Å². The molecule has 1 aliphatic rings. The second-order valence-electron chi connectivity index (χ2n) is 7.95. The van der Waals surface area contributed by atoms with Crippen molar-refractivity contribution in [1.82, 2.24) is 4.31 Å². The third-order valence-electron chi connectivity index (χ3n) is 5.27. The number of sulfonamides is 1. The zero-order chi connectivity index (χ0) is 23.8. The first-order chi connectivity index (χ1) is 15.6. The number of carbonyl (C=O) groups is 1. The molecule has 0 bridgehead atoms. The molecule has 1 saturated heterocycles. The molecule has 4 rings (SSSR count). The molecule has 1 aromatic heterocycles. The zero-order valence-electron chi connectivity index (χ0n) is 18.1. The van der Waals surface area contributed by atoms with Crippen LogP contribution in [0.25, 0.3) is 11.0 Å². The summed E-state index contributed by atoms with van der Waals surface area (Å²) in [4.78, 5) is 24.5. The molecule has 2 heterocycles. The number of carbonyl (C=O) groups excluding carboxylic acids is 1. The normalized spacial score (nSPS) is 19.5. The maximum Gasteiger partial charge on any atom is 0.338 e. The predicted octanol–water partition coefficient (Wildman–Crippen LogP) is 2.65. The molecule has 0 amide bonds. The highest BCUT2D eigenvalue weighted by molar-refractivity contribution is 7.89. The summed E-state index contributed by atoms with van der Waals surface area (Å²) in [6, 6.07) is 11.1. The molecule has 2 aromatic carbocycles. The van der Waals surface area contributed by atoms with Crippen LogP contribution in [0.3, 0.4) is 0 Å². The quantitative estimate of drug-likeness (QED) is 0.443. The molecule has 0 aliphatic carbocycles. The largest absolute Gasteiger partial charge is 0.508 e. The number of nitrogens with zero attached hydrogens (tertiary/aromatic N) is 1. The van der Waals surface area contributed by atoms with Gasteiger partial charge in [-0.3, -0.25) is 0 Å². The van der Waals surface area contributed by atoms with Crippen LogP contribution in [-0.4, -0.2) is 49.1 Å². The Morgan fingerprint density at radius 2 is 1.85 bits per heavy atom. The number of esters is 1. The van der Waals surface area contributed by atoms with Crippen molar-refractivity contribution in [2.45, 2.75) is 37.6 Å². The van der Waals surface area contributed by atoms with Crippen molar-refractivity contribution >= 4 is 27.0 Å². The van der Waals surface area contributed by atoms with Crippen molar-refractivity contribution in [3.63, 3.8) is 0 Å². The molecule has 174 valence electrons. The van der Waals surface area contributed by atoms with Crippen LogP contribution in [0.5, 0.6) is 5.75 Å². The molecule has 10 heteroatoms. The number of hydrogen-bond acceptors (Lipinski definition) is 8. The van der Waals surface area contributed by atoms with Gasteiger partial charge in [0.1, 0.15) is 17.9 Å². The van der Waals surface area contributed by atoms with Gasteiger partial charge in [-0.05, 0) is 44.2 Å². The highest BCUT2D eigenvalue weighted by Gasteiger charge is 2.32. The van der Waals surface area contributed by atoms with E-state index in [1.54, 1.807) is 19.9 Å². The number of aromatic hydroxyl groups is 1. The second kappa shape index (κ2) is 8.97. The van der Waals surface area contributed by atoms with Gasteiger partial charge in [0.2, 0.25) is 10.0 Å². The first-order valence-electron chi connectivity index (χ1n) is 10.3. The Hall–Kier alpha value is -3.21. The fourth-order valence-corrected chi connectivity index (χ4v) is 5.46. The first-order valence-corrected chi connectivity index (χ1v) is 11.8. The van der Waals surface area contributed by atoms with Crippen molar-refractivity contribution in [3.8, 4) is 5.75 Å². The van der Waals surface area contributed by atoms with Gasteiger partial charge in [-0.15, -0.1) is 0 Å². The average Bonchev–Trinajstić information content (AvgIpc) is 2.76. The first kappa shape index (κ1) is 23.0. The number of ether oxygens (including phenoxy) is 2. The molecule has 33 heavy (non-hydrogen) atoms. The maximum atomic E-state index is 13.1. The minimum Gasteiger partial charge on any atom is -0.508 e. The molecule has 0 spiro atoms. The number of phenols is 1. The summed E-state index contributed by atoms with van der Waals surface area (Å²) in [5.74, 6) is -0.808. The van der Waals surface area contributed by atoms with Crippen molar-refractivity contribution in [2.24, 2.45) is 0 Å². The number of fused-ring (bicyclic) bond motifs is 1. The van der Waals surface area contributed by atoms with Crippen LogP contribution in [0, 0.1) is 0 Å². The molecule has 1 fully saturated rings. The van der Waals surface area contributed by atoms with Crippen LogP contribution in [-0.2, 0) is 26.1 Å². The van der Waals surface area contributed by atoms with E-state index in [1.165, 1.54) is 46.8 Å². The molecule has 0 saturated carbocycles. The Morgan fingerprint density at radius 1 is 1.12 bits per heavy atom. The Balaban J connectivity index is 1.54. The molecule has 0 unspecified atom stereocenters. The molecule has 1 aliphatic heterocycles. The molecule has 1 N–H and O–H groups in total. The van der Waals surface area contributed by atoms with E-state index in [4.69, 9.17) is 13.9 Å². The van der Waals surface area contributed by atoms with Gasteiger partial charge in [0.25, 0.3) is 0 Å². The summed E-state index contributed by atoms with van der Waals surface area (Å²) in [6.07, 6.45) is -0.478. The van der Waals surface area contributed by atoms with E-state index in [-0.39, 0.29) is 53.7 Å². The van der Waals surface area contributed by atoms with E-state index in [0.717, 1.165) is 0 Å². The summed E-state index contributed by atoms with van der Waals surface area (Å²) >= 11 is 0. The molecule has 2 atom stereocenters. The van der Waals surface area contributed by atoms with Crippen LogP contribution < -0.4 is 5.63 Å². The molecule has 0 radical (unpaired) electrons. The second-order valence-corrected chi connectivity index (χ2v) is 9.89. The smallest absolute Gasteiger partial charge is 0.338 e. The van der Waals surface area contributed by atoms with Gasteiger partial charge in [0, 0.05) is 36.2 Å². The van der Waals surface area contributed by atoms with Crippen LogP contribution in [0.4, 0.5) is 0 Å². The Kier molecular flexibility index (Phi) is 6.24. The lowest BCUT2D eigenvalue weighted by molar-refractivity contribution is -0.0440. The molecular weight excluding hydrogens is 450 g/mol. The van der Waals surface area contributed by atoms with E-state index in [0.29, 0.717) is 10.9 Å². The summed E-state index contributed by atoms with van der Waals surface area (Å²) in [5, 5.41) is 10.1. The lowest BCUT2D eigenvalue weighted by Crippen LogP contribution is -2.48.